The first-order valence-corrected chi connectivity index (χ1v) is 3.51. The van der Waals surface area contributed by atoms with Gasteiger partial charge in [0.25, 0.3) is 0 Å². The smallest absolute Gasteiger partial charge is 0.117 e. The van der Waals surface area contributed by atoms with E-state index >= 15 is 0 Å². The van der Waals surface area contributed by atoms with Crippen LogP contribution < -0.4 is 0 Å². The highest BCUT2D eigenvalue weighted by atomic mass is 15.2. The molecule has 1 aliphatic heterocycles. The minimum absolute atomic E-state index is 1.03. The average Bonchev–Trinajstić information content (AvgIpc) is 1.64. The Hall–Kier alpha value is 0.0249. The molecule has 0 spiro atoms. The maximum absolute atomic E-state index is 2.38. The minimum Gasteiger partial charge on any atom is -0.306 e. The molecular weight excluding hydrogens is 96.9 g/mol. The highest BCUT2D eigenvalue weighted by molar-refractivity contribution is 6.33. The molecule has 1 rings (SSSR count). The second-order valence-corrected chi connectivity index (χ2v) is 2.88. The van der Waals surface area contributed by atoms with Gasteiger partial charge in [-0.15, -0.1) is 0 Å². The Bertz CT molecular complexity index is 66.2. The number of hydrogen-bond donors (Lipinski definition) is 0. The third-order valence-electron chi connectivity index (χ3n) is 1.84. The standard InChI is InChI=1S/C6H14BN/c1-7-3-6-4-8(2)5-6/h6-7H,3-5H2,1-2H3. The van der Waals surface area contributed by atoms with Gasteiger partial charge in [-0.25, -0.2) is 0 Å². The second-order valence-electron chi connectivity index (χ2n) is 2.88. The van der Waals surface area contributed by atoms with Crippen LogP contribution in [0.3, 0.4) is 0 Å². The lowest BCUT2D eigenvalue weighted by molar-refractivity contribution is 0.149. The topological polar surface area (TPSA) is 3.24 Å². The van der Waals surface area contributed by atoms with E-state index in [0.717, 1.165) is 5.92 Å². The molecule has 0 atom stereocenters. The Morgan fingerprint density at radius 2 is 2.25 bits per heavy atom. The Labute approximate surface area is 52.3 Å². The molecule has 1 aliphatic rings. The van der Waals surface area contributed by atoms with Gasteiger partial charge in [0.1, 0.15) is 7.28 Å². The largest absolute Gasteiger partial charge is 0.306 e. The molecule has 1 heterocycles. The van der Waals surface area contributed by atoms with Gasteiger partial charge in [-0.3, -0.25) is 0 Å². The molecule has 1 fully saturated rings. The zero-order valence-corrected chi connectivity index (χ0v) is 5.85. The molecule has 1 nitrogen and oxygen atoms in total. The first-order valence-electron chi connectivity index (χ1n) is 3.51. The molecule has 0 aromatic heterocycles. The van der Waals surface area contributed by atoms with Crippen LogP contribution >= 0.6 is 0 Å². The molecule has 0 radical (unpaired) electrons. The predicted molar refractivity (Wildman–Crippen MR) is 38.8 cm³/mol. The molecule has 0 aliphatic carbocycles. The number of hydrogen-bond acceptors (Lipinski definition) is 1. The van der Waals surface area contributed by atoms with Crippen molar-refractivity contribution in [3.63, 3.8) is 0 Å². The van der Waals surface area contributed by atoms with Crippen molar-refractivity contribution in [2.24, 2.45) is 5.92 Å². The third-order valence-corrected chi connectivity index (χ3v) is 1.84. The van der Waals surface area contributed by atoms with E-state index < -0.39 is 0 Å². The van der Waals surface area contributed by atoms with Crippen molar-refractivity contribution in [2.75, 3.05) is 20.1 Å². The van der Waals surface area contributed by atoms with Crippen LogP contribution in [0.4, 0.5) is 0 Å². The molecule has 0 bridgehead atoms. The summed E-state index contributed by atoms with van der Waals surface area (Å²) >= 11 is 0. The van der Waals surface area contributed by atoms with E-state index in [9.17, 15) is 0 Å². The van der Waals surface area contributed by atoms with Gasteiger partial charge in [-0.1, -0.05) is 13.1 Å². The normalized spacial score (nSPS) is 22.8. The summed E-state index contributed by atoms with van der Waals surface area (Å²) in [6.45, 7) is 4.94. The van der Waals surface area contributed by atoms with Gasteiger partial charge < -0.3 is 4.90 Å². The molecular formula is C6H14BN. The van der Waals surface area contributed by atoms with Crippen molar-refractivity contribution < 1.29 is 0 Å². The van der Waals surface area contributed by atoms with E-state index in [-0.39, 0.29) is 0 Å². The summed E-state index contributed by atoms with van der Waals surface area (Å²) in [5, 5.41) is 0. The van der Waals surface area contributed by atoms with E-state index in [2.05, 4.69) is 18.8 Å². The number of likely N-dealkylation sites (tertiary alicyclic amines) is 1. The third kappa shape index (κ3) is 1.25. The maximum Gasteiger partial charge on any atom is 0.117 e. The van der Waals surface area contributed by atoms with Crippen molar-refractivity contribution in [1.29, 1.82) is 0 Å². The first-order chi connectivity index (χ1) is 3.83. The summed E-state index contributed by atoms with van der Waals surface area (Å²) in [7, 11) is 3.55. The van der Waals surface area contributed by atoms with Gasteiger partial charge in [0, 0.05) is 13.1 Å². The Balaban J connectivity index is 1.98. The van der Waals surface area contributed by atoms with E-state index in [0.29, 0.717) is 0 Å². The molecule has 0 amide bonds. The molecule has 0 aromatic carbocycles. The lowest BCUT2D eigenvalue weighted by atomic mass is 9.70. The molecule has 2 heteroatoms. The van der Waals surface area contributed by atoms with Crippen molar-refractivity contribution in [3.05, 3.63) is 0 Å². The Morgan fingerprint density at radius 3 is 2.62 bits per heavy atom. The van der Waals surface area contributed by atoms with Crippen LogP contribution in [0.2, 0.25) is 13.1 Å². The average molecular weight is 111 g/mol. The summed E-state index contributed by atoms with van der Waals surface area (Å²) in [6.07, 6.45) is 1.43. The van der Waals surface area contributed by atoms with Crippen molar-refractivity contribution in [2.45, 2.75) is 13.1 Å². The highest BCUT2D eigenvalue weighted by Crippen LogP contribution is 2.15. The van der Waals surface area contributed by atoms with Gasteiger partial charge >= 0.3 is 0 Å². The summed E-state index contributed by atoms with van der Waals surface area (Å²) in [5.41, 5.74) is 0. The van der Waals surface area contributed by atoms with Crippen LogP contribution in [0, 0.1) is 5.92 Å². The molecule has 1 saturated heterocycles. The Kier molecular flexibility index (Phi) is 1.95. The highest BCUT2D eigenvalue weighted by Gasteiger charge is 2.21. The molecule has 0 saturated carbocycles. The summed E-state index contributed by atoms with van der Waals surface area (Å²) in [6, 6.07) is 0. The van der Waals surface area contributed by atoms with E-state index in [1.165, 1.54) is 26.7 Å². The van der Waals surface area contributed by atoms with Gasteiger partial charge in [-0.05, 0) is 13.0 Å². The summed E-state index contributed by atoms with van der Waals surface area (Å²) < 4.78 is 0. The first kappa shape index (κ1) is 6.15. The second kappa shape index (κ2) is 2.54. The zero-order chi connectivity index (χ0) is 5.98. The van der Waals surface area contributed by atoms with Gasteiger partial charge in [0.15, 0.2) is 0 Å². The molecule has 46 valence electrons. The van der Waals surface area contributed by atoms with Gasteiger partial charge in [-0.2, -0.15) is 0 Å². The van der Waals surface area contributed by atoms with E-state index in [4.69, 9.17) is 0 Å². The van der Waals surface area contributed by atoms with Crippen LogP contribution in [0.25, 0.3) is 0 Å². The van der Waals surface area contributed by atoms with Gasteiger partial charge in [0.2, 0.25) is 0 Å². The molecule has 0 N–H and O–H groups in total. The Morgan fingerprint density at radius 1 is 1.62 bits per heavy atom. The van der Waals surface area contributed by atoms with Crippen LogP contribution in [-0.2, 0) is 0 Å². The van der Waals surface area contributed by atoms with Crippen molar-refractivity contribution in [3.8, 4) is 0 Å². The van der Waals surface area contributed by atoms with Gasteiger partial charge in [0.05, 0.1) is 0 Å². The molecule has 0 unspecified atom stereocenters. The van der Waals surface area contributed by atoms with E-state index in [1.54, 1.807) is 0 Å². The quantitative estimate of drug-likeness (QED) is 0.467. The molecule has 8 heavy (non-hydrogen) atoms. The van der Waals surface area contributed by atoms with E-state index in [1.807, 2.05) is 0 Å². The van der Waals surface area contributed by atoms with Crippen LogP contribution in [-0.4, -0.2) is 32.3 Å². The zero-order valence-electron chi connectivity index (χ0n) is 5.85. The fourth-order valence-electron chi connectivity index (χ4n) is 1.42. The maximum atomic E-state index is 2.38. The monoisotopic (exact) mass is 111 g/mol. The van der Waals surface area contributed by atoms with Crippen LogP contribution in [0.15, 0.2) is 0 Å². The lowest BCUT2D eigenvalue weighted by Crippen LogP contribution is -2.43. The number of rotatable bonds is 2. The number of nitrogens with zero attached hydrogens (tertiary/aromatic N) is 1. The summed E-state index contributed by atoms with van der Waals surface area (Å²) in [5.74, 6) is 1.03. The van der Waals surface area contributed by atoms with Crippen molar-refractivity contribution >= 4 is 7.28 Å². The predicted octanol–water partition coefficient (Wildman–Crippen LogP) is 0.451. The molecule has 0 aromatic rings. The lowest BCUT2D eigenvalue weighted by Gasteiger charge is -2.36. The SMILES string of the molecule is CBCC1CN(C)C1. The minimum atomic E-state index is 1.03. The van der Waals surface area contributed by atoms with Crippen LogP contribution in [0.5, 0.6) is 0 Å². The fourth-order valence-corrected chi connectivity index (χ4v) is 1.42. The fraction of sp³-hybridized carbons (Fsp3) is 1.00. The van der Waals surface area contributed by atoms with Crippen molar-refractivity contribution in [1.82, 2.24) is 4.90 Å². The van der Waals surface area contributed by atoms with Crippen LogP contribution in [0.1, 0.15) is 0 Å². The summed E-state index contributed by atoms with van der Waals surface area (Å²) in [4.78, 5) is 2.38.